The lowest BCUT2D eigenvalue weighted by molar-refractivity contribution is -0.122. The molecule has 23 heavy (non-hydrogen) atoms. The van der Waals surface area contributed by atoms with Crippen molar-refractivity contribution >= 4 is 17.3 Å². The quantitative estimate of drug-likeness (QED) is 0.897. The zero-order valence-electron chi connectivity index (χ0n) is 12.6. The van der Waals surface area contributed by atoms with Gasteiger partial charge in [0, 0.05) is 23.1 Å². The summed E-state index contributed by atoms with van der Waals surface area (Å²) < 4.78 is 14.2. The molecule has 0 spiro atoms. The predicted molar refractivity (Wildman–Crippen MR) is 88.2 cm³/mol. The summed E-state index contributed by atoms with van der Waals surface area (Å²) in [5, 5.41) is 0. The molecule has 0 radical (unpaired) electrons. The number of nitrogens with two attached hydrogens (primary N) is 1. The van der Waals surface area contributed by atoms with Gasteiger partial charge in [-0.05, 0) is 42.5 Å². The van der Waals surface area contributed by atoms with Crippen LogP contribution in [0.5, 0.6) is 0 Å². The summed E-state index contributed by atoms with van der Waals surface area (Å²) in [5.41, 5.74) is 9.97. The van der Waals surface area contributed by atoms with E-state index in [1.54, 1.807) is 12.1 Å². The number of carbonyl (C=O) groups excluding carboxylic acids is 1. The summed E-state index contributed by atoms with van der Waals surface area (Å²) in [5.74, 6) is -0.427. The van der Waals surface area contributed by atoms with Gasteiger partial charge in [0.15, 0.2) is 0 Å². The molecule has 2 aromatic carbocycles. The van der Waals surface area contributed by atoms with Gasteiger partial charge in [-0.15, -0.1) is 0 Å². The monoisotopic (exact) mass is 308 g/mol. The van der Waals surface area contributed by atoms with Crippen molar-refractivity contribution in [2.75, 3.05) is 0 Å². The molecule has 2 unspecified atom stereocenters. The maximum Gasteiger partial charge on any atom is 0.220 e. The van der Waals surface area contributed by atoms with Crippen LogP contribution in [-0.4, -0.2) is 11.6 Å². The first kappa shape index (κ1) is 14.1. The molecule has 2 aliphatic rings. The maximum atomic E-state index is 14.2. The molecule has 1 saturated carbocycles. The van der Waals surface area contributed by atoms with Crippen LogP contribution in [-0.2, 0) is 4.79 Å². The molecule has 2 N–H and O–H groups in total. The van der Waals surface area contributed by atoms with Crippen molar-refractivity contribution in [3.8, 4) is 11.1 Å². The maximum absolute atomic E-state index is 14.2. The normalized spacial score (nSPS) is 22.2. The Morgan fingerprint density at radius 2 is 1.87 bits per heavy atom. The van der Waals surface area contributed by atoms with Crippen LogP contribution in [0.3, 0.4) is 0 Å². The van der Waals surface area contributed by atoms with Crippen molar-refractivity contribution in [1.82, 2.24) is 0 Å². The summed E-state index contributed by atoms with van der Waals surface area (Å²) >= 11 is 0. The van der Waals surface area contributed by atoms with Crippen LogP contribution in [0.1, 0.15) is 30.7 Å². The Hall–Kier alpha value is -2.49. The minimum atomic E-state index is -0.253. The standard InChI is InChI=1S/C19H17FN2O/c20-15-6-2-1-4-12(15)13-5-3-7-16-18(13)14-9-8-11(19(21)23)10-17(14)22-16/h1-7,11,14H,8-10H2,(H2,21,23). The second kappa shape index (κ2) is 5.30. The summed E-state index contributed by atoms with van der Waals surface area (Å²) in [6.07, 6.45) is 2.22. The average Bonchev–Trinajstić information content (AvgIpc) is 2.93. The van der Waals surface area contributed by atoms with Crippen molar-refractivity contribution in [3.63, 3.8) is 0 Å². The SMILES string of the molecule is NC(=O)C1CCC2C(=Nc3cccc(-c4ccccc4F)c32)C1. The first-order valence-corrected chi connectivity index (χ1v) is 7.89. The lowest BCUT2D eigenvalue weighted by Crippen LogP contribution is -2.31. The fourth-order valence-corrected chi connectivity index (χ4v) is 3.79. The van der Waals surface area contributed by atoms with Gasteiger partial charge in [0.2, 0.25) is 5.91 Å². The molecule has 4 rings (SSSR count). The highest BCUT2D eigenvalue weighted by atomic mass is 19.1. The third-order valence-corrected chi connectivity index (χ3v) is 4.92. The Morgan fingerprint density at radius 3 is 2.65 bits per heavy atom. The zero-order chi connectivity index (χ0) is 16.0. The van der Waals surface area contributed by atoms with Crippen molar-refractivity contribution in [3.05, 3.63) is 53.8 Å². The third-order valence-electron chi connectivity index (χ3n) is 4.92. The number of carbonyl (C=O) groups is 1. The summed E-state index contributed by atoms with van der Waals surface area (Å²) in [7, 11) is 0. The number of halogens is 1. The number of benzene rings is 2. The van der Waals surface area contributed by atoms with Crippen LogP contribution in [0, 0.1) is 11.7 Å². The van der Waals surface area contributed by atoms with E-state index in [9.17, 15) is 9.18 Å². The Labute approximate surface area is 134 Å². The van der Waals surface area contributed by atoms with Gasteiger partial charge in [-0.25, -0.2) is 4.39 Å². The molecular formula is C19H17FN2O. The van der Waals surface area contributed by atoms with Gasteiger partial charge in [0.25, 0.3) is 0 Å². The molecule has 0 aromatic heterocycles. The highest BCUT2D eigenvalue weighted by Crippen LogP contribution is 2.48. The van der Waals surface area contributed by atoms with Crippen LogP contribution >= 0.6 is 0 Å². The second-order valence-electron chi connectivity index (χ2n) is 6.25. The number of nitrogens with zero attached hydrogens (tertiary/aromatic N) is 1. The van der Waals surface area contributed by atoms with E-state index in [1.165, 1.54) is 6.07 Å². The Morgan fingerprint density at radius 1 is 1.09 bits per heavy atom. The van der Waals surface area contributed by atoms with E-state index >= 15 is 0 Å². The Kier molecular flexibility index (Phi) is 3.26. The van der Waals surface area contributed by atoms with Crippen LogP contribution in [0.2, 0.25) is 0 Å². The number of amides is 1. The largest absolute Gasteiger partial charge is 0.369 e. The molecule has 2 atom stereocenters. The van der Waals surface area contributed by atoms with Gasteiger partial charge in [0.1, 0.15) is 5.82 Å². The summed E-state index contributed by atoms with van der Waals surface area (Å²) in [4.78, 5) is 16.2. The molecule has 3 nitrogen and oxygen atoms in total. The van der Waals surface area contributed by atoms with Gasteiger partial charge in [0.05, 0.1) is 5.69 Å². The predicted octanol–water partition coefficient (Wildman–Crippen LogP) is 3.95. The number of hydrogen-bond acceptors (Lipinski definition) is 2. The minimum Gasteiger partial charge on any atom is -0.369 e. The van der Waals surface area contributed by atoms with E-state index in [1.807, 2.05) is 24.3 Å². The fraction of sp³-hybridized carbons (Fsp3) is 0.263. The molecule has 1 aliphatic carbocycles. The van der Waals surface area contributed by atoms with Crippen molar-refractivity contribution in [1.29, 1.82) is 0 Å². The van der Waals surface area contributed by atoms with Gasteiger partial charge in [-0.2, -0.15) is 0 Å². The van der Waals surface area contributed by atoms with Crippen molar-refractivity contribution in [2.45, 2.75) is 25.2 Å². The minimum absolute atomic E-state index is 0.128. The molecule has 4 heteroatoms. The molecule has 1 heterocycles. The molecule has 0 bridgehead atoms. The summed E-state index contributed by atoms with van der Waals surface area (Å²) in [6.45, 7) is 0. The van der Waals surface area contributed by atoms with Gasteiger partial charge in [-0.1, -0.05) is 30.3 Å². The van der Waals surface area contributed by atoms with E-state index in [-0.39, 0.29) is 23.6 Å². The molecule has 116 valence electrons. The van der Waals surface area contributed by atoms with E-state index in [0.717, 1.165) is 35.4 Å². The lowest BCUT2D eigenvalue weighted by atomic mass is 9.76. The topological polar surface area (TPSA) is 55.5 Å². The van der Waals surface area contributed by atoms with Gasteiger partial charge in [-0.3, -0.25) is 9.79 Å². The smallest absolute Gasteiger partial charge is 0.220 e. The van der Waals surface area contributed by atoms with Crippen LogP contribution in [0.25, 0.3) is 11.1 Å². The second-order valence-corrected chi connectivity index (χ2v) is 6.25. The molecule has 2 aromatic rings. The number of aliphatic imine (C=N–C) groups is 1. The Bertz CT molecular complexity index is 828. The van der Waals surface area contributed by atoms with Crippen LogP contribution in [0.4, 0.5) is 10.1 Å². The molecule has 1 fully saturated rings. The van der Waals surface area contributed by atoms with Gasteiger partial charge >= 0.3 is 0 Å². The van der Waals surface area contributed by atoms with Crippen LogP contribution < -0.4 is 5.73 Å². The lowest BCUT2D eigenvalue weighted by Gasteiger charge is -2.26. The van der Waals surface area contributed by atoms with Gasteiger partial charge < -0.3 is 5.73 Å². The highest BCUT2D eigenvalue weighted by molar-refractivity contribution is 6.03. The van der Waals surface area contributed by atoms with Crippen molar-refractivity contribution < 1.29 is 9.18 Å². The fourth-order valence-electron chi connectivity index (χ4n) is 3.79. The summed E-state index contributed by atoms with van der Waals surface area (Å²) in [6, 6.07) is 12.7. The zero-order valence-corrected chi connectivity index (χ0v) is 12.6. The van der Waals surface area contributed by atoms with Crippen molar-refractivity contribution in [2.24, 2.45) is 16.6 Å². The third kappa shape index (κ3) is 2.25. The molecular weight excluding hydrogens is 291 g/mol. The highest BCUT2D eigenvalue weighted by Gasteiger charge is 2.36. The van der Waals surface area contributed by atoms with E-state index in [4.69, 9.17) is 10.7 Å². The molecule has 1 amide bonds. The van der Waals surface area contributed by atoms with E-state index in [0.29, 0.717) is 12.0 Å². The average molecular weight is 308 g/mol. The van der Waals surface area contributed by atoms with E-state index in [2.05, 4.69) is 0 Å². The van der Waals surface area contributed by atoms with E-state index < -0.39 is 0 Å². The van der Waals surface area contributed by atoms with Crippen LogP contribution in [0.15, 0.2) is 47.5 Å². The Balaban J connectivity index is 1.78. The molecule has 1 aliphatic heterocycles. The number of fused-ring (bicyclic) bond motifs is 3. The first-order chi connectivity index (χ1) is 11.1. The number of hydrogen-bond donors (Lipinski definition) is 1. The molecule has 0 saturated heterocycles. The number of rotatable bonds is 2. The number of primary amides is 1. The first-order valence-electron chi connectivity index (χ1n) is 7.89.